The van der Waals surface area contributed by atoms with Crippen LogP contribution >= 0.6 is 0 Å². The maximum atomic E-state index is 14.4. The van der Waals surface area contributed by atoms with E-state index in [4.69, 9.17) is 0 Å². The first kappa shape index (κ1) is 38.7. The van der Waals surface area contributed by atoms with Crippen molar-refractivity contribution in [1.82, 2.24) is 20.0 Å². The molecule has 55 heavy (non-hydrogen) atoms. The van der Waals surface area contributed by atoms with E-state index in [2.05, 4.69) is 26.2 Å². The molecule has 294 valence electrons. The van der Waals surface area contributed by atoms with Crippen LogP contribution in [0.5, 0.6) is 0 Å². The van der Waals surface area contributed by atoms with Crippen molar-refractivity contribution in [1.29, 1.82) is 0 Å². The summed E-state index contributed by atoms with van der Waals surface area (Å²) in [4.78, 5) is 46.8. The molecular formula is C45H61N7O3. The molecule has 0 spiro atoms. The van der Waals surface area contributed by atoms with Crippen molar-refractivity contribution in [2.24, 2.45) is 23.2 Å². The number of rotatable bonds is 16. The number of nitrogens with one attached hydrogen (secondary N) is 4. The Bertz CT molecular complexity index is 1650. The van der Waals surface area contributed by atoms with Gasteiger partial charge in [0.15, 0.2) is 0 Å². The number of para-hydroxylation sites is 3. The topological polar surface area (TPSA) is 109 Å². The van der Waals surface area contributed by atoms with Crippen LogP contribution in [0.2, 0.25) is 0 Å². The Kier molecular flexibility index (Phi) is 12.9. The Balaban J connectivity index is 1.03. The molecule has 5 fully saturated rings. The molecule has 1 heterocycles. The summed E-state index contributed by atoms with van der Waals surface area (Å²) in [5.74, 6) is 2.84. The Morgan fingerprint density at radius 2 is 1.29 bits per heavy atom. The molecule has 4 N–H and O–H groups in total. The summed E-state index contributed by atoms with van der Waals surface area (Å²) in [7, 11) is 1.81. The first-order valence-corrected chi connectivity index (χ1v) is 20.8. The lowest BCUT2D eigenvalue weighted by molar-refractivity contribution is -0.0616. The molecule has 5 aliphatic rings. The number of carbonyl (C=O) groups excluding carboxylic acids is 3. The second kappa shape index (κ2) is 18.4. The quantitative estimate of drug-likeness (QED) is 0.110. The van der Waals surface area contributed by atoms with Gasteiger partial charge in [0.05, 0.1) is 6.04 Å². The largest absolute Gasteiger partial charge is 0.336 e. The zero-order valence-electron chi connectivity index (χ0n) is 32.6. The van der Waals surface area contributed by atoms with Crippen molar-refractivity contribution < 1.29 is 14.4 Å². The van der Waals surface area contributed by atoms with Crippen LogP contribution in [0.4, 0.5) is 31.4 Å². The molecule has 1 saturated heterocycles. The fourth-order valence-electron chi connectivity index (χ4n) is 10.6. The summed E-state index contributed by atoms with van der Waals surface area (Å²) in [6, 6.07) is 28.0. The molecule has 0 aromatic heterocycles. The Hall–Kier alpha value is -4.57. The standard InChI is InChI=1S/C45H61N7O3/c1-50(43(54)48-38-16-7-3-8-17-38)23-12-11-20-40(32-46-42(53)47-37-14-5-2-6-15-37)52(44(55)49-39-18-9-4-10-19-39)33-41-21-13-24-51(41)25-22-45-29-34-26-35(30-45)28-36(27-34)31-45/h2-10,14-19,34-36,40-41H,11-13,20-33H2,1H3,(H,48,54)(H,49,55)(H2,46,47,53)/t34?,35?,36?,40-,41+,45?/m1/s1. The van der Waals surface area contributed by atoms with Crippen molar-refractivity contribution in [2.45, 2.75) is 89.1 Å². The van der Waals surface area contributed by atoms with Gasteiger partial charge in [0.2, 0.25) is 0 Å². The second-order valence-electron chi connectivity index (χ2n) is 17.0. The highest BCUT2D eigenvalue weighted by atomic mass is 16.2. The highest BCUT2D eigenvalue weighted by molar-refractivity contribution is 5.91. The summed E-state index contributed by atoms with van der Waals surface area (Å²) in [5.41, 5.74) is 2.75. The molecule has 3 aromatic carbocycles. The van der Waals surface area contributed by atoms with Crippen molar-refractivity contribution in [3.8, 4) is 0 Å². The highest BCUT2D eigenvalue weighted by Crippen LogP contribution is 2.61. The molecule has 1 aliphatic heterocycles. The number of hydrogen-bond acceptors (Lipinski definition) is 4. The maximum Gasteiger partial charge on any atom is 0.322 e. The molecule has 10 nitrogen and oxygen atoms in total. The summed E-state index contributed by atoms with van der Waals surface area (Å²) < 4.78 is 0. The smallest absolute Gasteiger partial charge is 0.322 e. The van der Waals surface area contributed by atoms with Gasteiger partial charge in [-0.15, -0.1) is 0 Å². The Labute approximate surface area is 327 Å². The van der Waals surface area contributed by atoms with Crippen molar-refractivity contribution in [3.05, 3.63) is 91.0 Å². The van der Waals surface area contributed by atoms with E-state index in [0.717, 1.165) is 67.9 Å². The number of anilines is 3. The minimum absolute atomic E-state index is 0.145. The molecule has 4 aliphatic carbocycles. The van der Waals surface area contributed by atoms with Crippen LogP contribution in [0.25, 0.3) is 0 Å². The second-order valence-corrected chi connectivity index (χ2v) is 17.0. The number of nitrogens with zero attached hydrogens (tertiary/aromatic N) is 3. The molecule has 10 heteroatoms. The molecular weight excluding hydrogens is 687 g/mol. The predicted octanol–water partition coefficient (Wildman–Crippen LogP) is 9.12. The normalized spacial score (nSPS) is 24.5. The van der Waals surface area contributed by atoms with Gasteiger partial charge in [0, 0.05) is 49.8 Å². The monoisotopic (exact) mass is 747 g/mol. The minimum Gasteiger partial charge on any atom is -0.336 e. The van der Waals surface area contributed by atoms with E-state index in [-0.39, 0.29) is 30.2 Å². The van der Waals surface area contributed by atoms with E-state index in [9.17, 15) is 14.4 Å². The molecule has 2 atom stereocenters. The van der Waals surface area contributed by atoms with Crippen LogP contribution < -0.4 is 21.3 Å². The molecule has 6 amide bonds. The lowest BCUT2D eigenvalue weighted by atomic mass is 9.49. The predicted molar refractivity (Wildman–Crippen MR) is 221 cm³/mol. The third-order valence-electron chi connectivity index (χ3n) is 12.9. The van der Waals surface area contributed by atoms with Crippen molar-refractivity contribution >= 4 is 35.2 Å². The van der Waals surface area contributed by atoms with E-state index >= 15 is 0 Å². The molecule has 0 unspecified atom stereocenters. The van der Waals surface area contributed by atoms with Gasteiger partial charge in [-0.2, -0.15) is 0 Å². The van der Waals surface area contributed by atoms with E-state index < -0.39 is 0 Å². The van der Waals surface area contributed by atoms with Crippen molar-refractivity contribution in [3.63, 3.8) is 0 Å². The van der Waals surface area contributed by atoms with Gasteiger partial charge in [-0.3, -0.25) is 4.90 Å². The molecule has 4 bridgehead atoms. The van der Waals surface area contributed by atoms with Crippen LogP contribution in [0.15, 0.2) is 91.0 Å². The van der Waals surface area contributed by atoms with Gasteiger partial charge in [-0.1, -0.05) is 54.6 Å². The fourth-order valence-corrected chi connectivity index (χ4v) is 10.6. The third kappa shape index (κ3) is 10.6. The van der Waals surface area contributed by atoms with Crippen LogP contribution in [0.1, 0.15) is 77.0 Å². The van der Waals surface area contributed by atoms with E-state index in [1.54, 1.807) is 4.90 Å². The summed E-state index contributed by atoms with van der Waals surface area (Å²) >= 11 is 0. The number of amides is 6. The molecule has 4 saturated carbocycles. The van der Waals surface area contributed by atoms with Gasteiger partial charge < -0.3 is 31.1 Å². The number of benzene rings is 3. The lowest BCUT2D eigenvalue weighted by Gasteiger charge is -2.57. The fraction of sp³-hybridized carbons (Fsp3) is 0.533. The van der Waals surface area contributed by atoms with Gasteiger partial charge >= 0.3 is 18.1 Å². The van der Waals surface area contributed by atoms with Crippen LogP contribution in [-0.4, -0.2) is 84.6 Å². The number of hydrogen-bond donors (Lipinski definition) is 4. The zero-order valence-corrected chi connectivity index (χ0v) is 32.6. The molecule has 3 aromatic rings. The van der Waals surface area contributed by atoms with E-state index in [1.165, 1.54) is 44.9 Å². The number of carbonyl (C=O) groups is 3. The average Bonchev–Trinajstić information content (AvgIpc) is 3.63. The van der Waals surface area contributed by atoms with Crippen molar-refractivity contribution in [2.75, 3.05) is 55.7 Å². The van der Waals surface area contributed by atoms with Crippen LogP contribution in [-0.2, 0) is 0 Å². The summed E-state index contributed by atoms with van der Waals surface area (Å²) in [6.45, 7) is 3.66. The van der Waals surface area contributed by atoms with Crippen LogP contribution in [0.3, 0.4) is 0 Å². The number of likely N-dealkylation sites (tertiary alicyclic amines) is 1. The third-order valence-corrected chi connectivity index (χ3v) is 12.9. The van der Waals surface area contributed by atoms with Gasteiger partial charge in [-0.05, 0) is 150 Å². The first-order valence-electron chi connectivity index (χ1n) is 20.8. The van der Waals surface area contributed by atoms with Gasteiger partial charge in [-0.25, -0.2) is 14.4 Å². The van der Waals surface area contributed by atoms with Crippen LogP contribution in [0, 0.1) is 23.2 Å². The molecule has 8 rings (SSSR count). The number of unbranched alkanes of at least 4 members (excludes halogenated alkanes) is 1. The Morgan fingerprint density at radius 3 is 1.87 bits per heavy atom. The SMILES string of the molecule is CN(CCCC[C@H](CNC(=O)Nc1ccccc1)N(C[C@@H]1CCCN1CCC12CC3CC(CC(C3)C1)C2)C(=O)Nc1ccccc1)C(=O)Nc1ccccc1. The van der Waals surface area contributed by atoms with Gasteiger partial charge in [0.25, 0.3) is 0 Å². The van der Waals surface area contributed by atoms with E-state index in [1.807, 2.05) is 103 Å². The molecule has 0 radical (unpaired) electrons. The Morgan fingerprint density at radius 1 is 0.745 bits per heavy atom. The zero-order chi connectivity index (χ0) is 38.0. The minimum atomic E-state index is -0.296. The summed E-state index contributed by atoms with van der Waals surface area (Å²) in [6.07, 6.45) is 14.4. The van der Waals surface area contributed by atoms with E-state index in [0.29, 0.717) is 37.2 Å². The lowest BCUT2D eigenvalue weighted by Crippen LogP contribution is -2.53. The maximum absolute atomic E-state index is 14.4. The summed E-state index contributed by atoms with van der Waals surface area (Å²) in [5, 5.41) is 12.2. The number of urea groups is 3. The van der Waals surface area contributed by atoms with Gasteiger partial charge in [0.1, 0.15) is 0 Å². The average molecular weight is 748 g/mol. The highest BCUT2D eigenvalue weighted by Gasteiger charge is 2.50. The first-order chi connectivity index (χ1) is 26.8.